The number of likely N-dealkylation sites (tertiary alicyclic amines) is 1. The first-order valence-electron chi connectivity index (χ1n) is 12.7. The van der Waals surface area contributed by atoms with Crippen LogP contribution < -0.4 is 20.7 Å². The molecule has 9 nitrogen and oxygen atoms in total. The quantitative estimate of drug-likeness (QED) is 0.356. The number of thiazole rings is 1. The van der Waals surface area contributed by atoms with E-state index in [-0.39, 0.29) is 68.0 Å². The fourth-order valence-electron chi connectivity index (χ4n) is 5.26. The van der Waals surface area contributed by atoms with Gasteiger partial charge in [-0.3, -0.25) is 9.69 Å². The molecular weight excluding hydrogens is 567 g/mol. The predicted molar refractivity (Wildman–Crippen MR) is 149 cm³/mol. The second-order valence-corrected chi connectivity index (χ2v) is 11.4. The maximum Gasteiger partial charge on any atom is 0.319 e. The lowest BCUT2D eigenvalue weighted by Crippen LogP contribution is -2.31. The molecule has 2 atom stereocenters. The molecule has 0 aliphatic carbocycles. The van der Waals surface area contributed by atoms with Crippen molar-refractivity contribution in [3.63, 3.8) is 0 Å². The zero-order valence-electron chi connectivity index (χ0n) is 21.4. The molecular formula is C26H25ClF3N7O2S. The Morgan fingerprint density at radius 1 is 1.23 bits per heavy atom. The smallest absolute Gasteiger partial charge is 0.319 e. The van der Waals surface area contributed by atoms with Crippen LogP contribution in [-0.2, 0) is 4.79 Å². The summed E-state index contributed by atoms with van der Waals surface area (Å²) < 4.78 is 50.9. The van der Waals surface area contributed by atoms with E-state index in [1.54, 1.807) is 6.07 Å². The average Bonchev–Trinajstić information content (AvgIpc) is 3.38. The zero-order chi connectivity index (χ0) is 28.1. The Hall–Kier alpha value is -3.42. The van der Waals surface area contributed by atoms with Crippen LogP contribution in [0.4, 0.5) is 24.1 Å². The molecule has 0 unspecified atom stereocenters. The summed E-state index contributed by atoms with van der Waals surface area (Å²) in [5, 5.41) is 3.32. The lowest BCUT2D eigenvalue weighted by molar-refractivity contribution is -0.120. The highest BCUT2D eigenvalue weighted by molar-refractivity contribution is 7.22. The van der Waals surface area contributed by atoms with Crippen LogP contribution in [0.5, 0.6) is 6.01 Å². The van der Waals surface area contributed by atoms with Crippen LogP contribution in [0.3, 0.4) is 0 Å². The van der Waals surface area contributed by atoms with Crippen molar-refractivity contribution in [2.24, 2.45) is 0 Å². The Morgan fingerprint density at radius 2 is 2.05 bits per heavy atom. The summed E-state index contributed by atoms with van der Waals surface area (Å²) in [6, 6.07) is 3.90. The Balaban J connectivity index is 1.50. The van der Waals surface area contributed by atoms with E-state index >= 15 is 4.39 Å². The minimum atomic E-state index is -0.955. The molecule has 210 valence electrons. The van der Waals surface area contributed by atoms with Crippen molar-refractivity contribution in [3.05, 3.63) is 34.9 Å². The number of amides is 1. The summed E-state index contributed by atoms with van der Waals surface area (Å²) in [5.41, 5.74) is 6.22. The summed E-state index contributed by atoms with van der Waals surface area (Å²) in [6.45, 7) is 1.54. The highest BCUT2D eigenvalue weighted by Crippen LogP contribution is 2.42. The molecule has 2 aromatic carbocycles. The molecule has 2 fully saturated rings. The van der Waals surface area contributed by atoms with E-state index in [0.717, 1.165) is 11.3 Å². The standard InChI is InChI=1S/C26H25ClF3N7O2S/c1-36-10-12(28)8-13(36)11-39-26-34-21-15(24(35-26)37-6-4-18(38)32-5-7-37)9-16(27)19(20(21)30)14-2-3-17(29)23-22(14)33-25(31)40-23/h2-3,9,12-13H,4-8,10-11H2,1H3,(H2,31,33)(H,32,38)/t12-,13+/m1/s1. The number of nitrogen functional groups attached to an aromatic ring is 1. The zero-order valence-corrected chi connectivity index (χ0v) is 23.0. The van der Waals surface area contributed by atoms with E-state index in [4.69, 9.17) is 22.1 Å². The van der Waals surface area contributed by atoms with Crippen molar-refractivity contribution in [1.29, 1.82) is 0 Å². The third kappa shape index (κ3) is 4.86. The van der Waals surface area contributed by atoms with Gasteiger partial charge in [-0.15, -0.1) is 0 Å². The summed E-state index contributed by atoms with van der Waals surface area (Å²) in [7, 11) is 1.81. The highest BCUT2D eigenvalue weighted by Gasteiger charge is 2.31. The van der Waals surface area contributed by atoms with Gasteiger partial charge in [-0.1, -0.05) is 22.9 Å². The van der Waals surface area contributed by atoms with Crippen LogP contribution in [0.1, 0.15) is 12.8 Å². The number of rotatable bonds is 5. The van der Waals surface area contributed by atoms with Gasteiger partial charge in [-0.25, -0.2) is 18.2 Å². The number of likely N-dealkylation sites (N-methyl/N-ethyl adjacent to an activating group) is 1. The van der Waals surface area contributed by atoms with Crippen molar-refractivity contribution < 1.29 is 22.7 Å². The summed E-state index contributed by atoms with van der Waals surface area (Å²) in [5.74, 6) is -1.03. The number of nitrogens with two attached hydrogens (primary N) is 1. The molecule has 1 amide bonds. The third-order valence-corrected chi connectivity index (χ3v) is 8.47. The van der Waals surface area contributed by atoms with Crippen LogP contribution in [-0.4, -0.2) is 77.8 Å². The van der Waals surface area contributed by atoms with Gasteiger partial charge in [0.15, 0.2) is 10.9 Å². The van der Waals surface area contributed by atoms with Gasteiger partial charge in [-0.2, -0.15) is 9.97 Å². The maximum absolute atomic E-state index is 16.5. The van der Waals surface area contributed by atoms with E-state index in [1.165, 1.54) is 12.1 Å². The molecule has 14 heteroatoms. The molecule has 2 aliphatic rings. The average molecular weight is 592 g/mol. The number of nitrogens with one attached hydrogen (secondary N) is 1. The Morgan fingerprint density at radius 3 is 2.83 bits per heavy atom. The Kier molecular flexibility index (Phi) is 7.05. The normalized spacial score (nSPS) is 20.3. The molecule has 0 bridgehead atoms. The van der Waals surface area contributed by atoms with Gasteiger partial charge in [0.1, 0.15) is 29.9 Å². The number of fused-ring (bicyclic) bond motifs is 2. The number of hydrogen-bond acceptors (Lipinski definition) is 9. The summed E-state index contributed by atoms with van der Waals surface area (Å²) >= 11 is 7.63. The van der Waals surface area contributed by atoms with E-state index < -0.39 is 17.8 Å². The molecule has 2 aromatic heterocycles. The van der Waals surface area contributed by atoms with Crippen LogP contribution in [0.15, 0.2) is 18.2 Å². The second kappa shape index (κ2) is 10.5. The molecule has 0 radical (unpaired) electrons. The number of benzene rings is 2. The number of alkyl halides is 1. The number of anilines is 2. The van der Waals surface area contributed by atoms with Gasteiger partial charge in [0.25, 0.3) is 0 Å². The maximum atomic E-state index is 16.5. The summed E-state index contributed by atoms with van der Waals surface area (Å²) in [4.78, 5) is 28.9. The number of halogens is 4. The number of hydrogen-bond donors (Lipinski definition) is 2. The predicted octanol–water partition coefficient (Wildman–Crippen LogP) is 4.17. The van der Waals surface area contributed by atoms with Crippen LogP contribution in [0.2, 0.25) is 5.02 Å². The number of carbonyl (C=O) groups is 1. The van der Waals surface area contributed by atoms with Gasteiger partial charge >= 0.3 is 6.01 Å². The highest BCUT2D eigenvalue weighted by atomic mass is 35.5. The molecule has 0 saturated carbocycles. The molecule has 40 heavy (non-hydrogen) atoms. The molecule has 2 saturated heterocycles. The van der Waals surface area contributed by atoms with Crippen molar-refractivity contribution >= 4 is 60.9 Å². The van der Waals surface area contributed by atoms with E-state index in [2.05, 4.69) is 20.3 Å². The topological polar surface area (TPSA) is 110 Å². The molecule has 0 spiro atoms. The molecule has 2 aliphatic heterocycles. The van der Waals surface area contributed by atoms with Crippen LogP contribution in [0, 0.1) is 11.6 Å². The Labute approximate surface area is 236 Å². The van der Waals surface area contributed by atoms with Gasteiger partial charge in [0.05, 0.1) is 15.2 Å². The number of aromatic nitrogens is 3. The van der Waals surface area contributed by atoms with E-state index in [9.17, 15) is 13.6 Å². The lowest BCUT2D eigenvalue weighted by atomic mass is 10.0. The molecule has 6 rings (SSSR count). The minimum Gasteiger partial charge on any atom is -0.462 e. The molecule has 4 aromatic rings. The fourth-order valence-corrected chi connectivity index (χ4v) is 6.32. The van der Waals surface area contributed by atoms with Crippen molar-refractivity contribution in [2.45, 2.75) is 25.1 Å². The third-order valence-electron chi connectivity index (χ3n) is 7.28. The first-order chi connectivity index (χ1) is 19.2. The van der Waals surface area contributed by atoms with Gasteiger partial charge in [-0.05, 0) is 31.7 Å². The Bertz CT molecular complexity index is 1640. The number of carbonyl (C=O) groups excluding carboxylic acids is 1. The summed E-state index contributed by atoms with van der Waals surface area (Å²) in [6.07, 6.45) is -0.426. The van der Waals surface area contributed by atoms with Gasteiger partial charge < -0.3 is 20.7 Å². The molecule has 3 N–H and O–H groups in total. The van der Waals surface area contributed by atoms with Gasteiger partial charge in [0.2, 0.25) is 5.91 Å². The SMILES string of the molecule is CN1C[C@H](F)C[C@H]1COc1nc(N2CCNC(=O)CC2)c2cc(Cl)c(-c3ccc(F)c4sc(N)nc34)c(F)c2n1. The number of nitrogens with zero attached hydrogens (tertiary/aromatic N) is 5. The van der Waals surface area contributed by atoms with Crippen molar-refractivity contribution in [2.75, 3.05) is 50.5 Å². The molecule has 4 heterocycles. The van der Waals surface area contributed by atoms with Gasteiger partial charge in [0, 0.05) is 55.2 Å². The first kappa shape index (κ1) is 26.8. The second-order valence-electron chi connectivity index (χ2n) is 9.92. The van der Waals surface area contributed by atoms with E-state index in [0.29, 0.717) is 43.8 Å². The number of ether oxygens (including phenoxy) is 1. The fraction of sp³-hybridized carbons (Fsp3) is 0.385. The lowest BCUT2D eigenvalue weighted by Gasteiger charge is -2.24. The minimum absolute atomic E-state index is 0.0106. The van der Waals surface area contributed by atoms with Crippen LogP contribution >= 0.6 is 22.9 Å². The van der Waals surface area contributed by atoms with Crippen molar-refractivity contribution in [1.82, 2.24) is 25.2 Å². The monoisotopic (exact) mass is 591 g/mol. The largest absolute Gasteiger partial charge is 0.462 e. The first-order valence-corrected chi connectivity index (χ1v) is 13.9. The van der Waals surface area contributed by atoms with Crippen molar-refractivity contribution in [3.8, 4) is 17.1 Å². The van der Waals surface area contributed by atoms with E-state index in [1.807, 2.05) is 16.8 Å². The van der Waals surface area contributed by atoms with Crippen LogP contribution in [0.25, 0.3) is 32.2 Å².